The molecule has 2 amide bonds. The molecule has 1 fully saturated rings. The summed E-state index contributed by atoms with van der Waals surface area (Å²) in [5.74, 6) is -1.64. The number of rotatable bonds is 7. The molecule has 0 bridgehead atoms. The number of esters is 1. The minimum Gasteiger partial charge on any atom is -0.466 e. The third-order valence-corrected chi connectivity index (χ3v) is 6.02. The third kappa shape index (κ3) is 5.90. The number of halogens is 2. The van der Waals surface area contributed by atoms with E-state index in [4.69, 9.17) is 16.3 Å². The van der Waals surface area contributed by atoms with Gasteiger partial charge >= 0.3 is 5.97 Å². The number of hydrogen-bond donors (Lipinski definition) is 0. The number of aryl methyl sites for hydroxylation is 1. The standard InChI is InChI=1S/C23H28ClFN4O4/c1-4-33-23(32)17-6-5-11-28(13-17)19(30)14-27(3)22(31)20-15(2)26-29(21(20)24)12-16-7-9-18(25)10-8-16/h7-10,17H,4-6,11-14H2,1-3H3. The second-order valence-corrected chi connectivity index (χ2v) is 8.49. The van der Waals surface area contributed by atoms with E-state index in [1.165, 1.54) is 28.8 Å². The molecule has 1 unspecified atom stereocenters. The lowest BCUT2D eigenvalue weighted by Gasteiger charge is -2.32. The summed E-state index contributed by atoms with van der Waals surface area (Å²) in [6, 6.07) is 5.94. The van der Waals surface area contributed by atoms with E-state index < -0.39 is 5.91 Å². The van der Waals surface area contributed by atoms with Gasteiger partial charge in [-0.15, -0.1) is 0 Å². The first-order valence-electron chi connectivity index (χ1n) is 10.9. The molecule has 0 radical (unpaired) electrons. The van der Waals surface area contributed by atoms with Gasteiger partial charge in [-0.05, 0) is 44.4 Å². The van der Waals surface area contributed by atoms with Gasteiger partial charge in [0.1, 0.15) is 11.0 Å². The minimum absolute atomic E-state index is 0.146. The van der Waals surface area contributed by atoms with Gasteiger partial charge in [-0.1, -0.05) is 23.7 Å². The second-order valence-electron chi connectivity index (χ2n) is 8.13. The predicted octanol–water partition coefficient (Wildman–Crippen LogP) is 2.91. The van der Waals surface area contributed by atoms with E-state index >= 15 is 0 Å². The van der Waals surface area contributed by atoms with Crippen LogP contribution in [0.25, 0.3) is 0 Å². The Morgan fingerprint density at radius 1 is 1.27 bits per heavy atom. The van der Waals surface area contributed by atoms with Crippen LogP contribution in [0.5, 0.6) is 0 Å². The van der Waals surface area contributed by atoms with Gasteiger partial charge in [0.15, 0.2) is 0 Å². The molecule has 3 rings (SSSR count). The quantitative estimate of drug-likeness (QED) is 0.571. The Balaban J connectivity index is 1.66. The van der Waals surface area contributed by atoms with Crippen LogP contribution in [0.2, 0.25) is 5.15 Å². The van der Waals surface area contributed by atoms with Crippen LogP contribution in [0.15, 0.2) is 24.3 Å². The highest BCUT2D eigenvalue weighted by atomic mass is 35.5. The molecule has 2 aromatic rings. The van der Waals surface area contributed by atoms with E-state index in [2.05, 4.69) is 5.10 Å². The Labute approximate surface area is 197 Å². The van der Waals surface area contributed by atoms with E-state index in [-0.39, 0.29) is 54.0 Å². The molecular weight excluding hydrogens is 451 g/mol. The minimum atomic E-state index is -0.421. The molecule has 1 aromatic heterocycles. The molecule has 0 spiro atoms. The number of likely N-dealkylation sites (tertiary alicyclic amines) is 1. The number of piperidine rings is 1. The van der Waals surface area contributed by atoms with Gasteiger partial charge < -0.3 is 14.5 Å². The van der Waals surface area contributed by atoms with Crippen molar-refractivity contribution in [3.8, 4) is 0 Å². The van der Waals surface area contributed by atoms with E-state index in [1.807, 2.05) is 0 Å². The summed E-state index contributed by atoms with van der Waals surface area (Å²) >= 11 is 6.45. The van der Waals surface area contributed by atoms with Gasteiger partial charge in [-0.3, -0.25) is 14.4 Å². The summed E-state index contributed by atoms with van der Waals surface area (Å²) in [7, 11) is 1.53. The normalized spacial score (nSPS) is 15.9. The van der Waals surface area contributed by atoms with Crippen LogP contribution in [0.1, 0.15) is 41.4 Å². The summed E-state index contributed by atoms with van der Waals surface area (Å²) in [6.45, 7) is 4.67. The van der Waals surface area contributed by atoms with Gasteiger partial charge in [0.2, 0.25) is 5.91 Å². The Bertz CT molecular complexity index is 1020. The van der Waals surface area contributed by atoms with Crippen LogP contribution in [0, 0.1) is 18.7 Å². The molecule has 8 nitrogen and oxygen atoms in total. The first-order valence-corrected chi connectivity index (χ1v) is 11.3. The van der Waals surface area contributed by atoms with Crippen molar-refractivity contribution in [3.63, 3.8) is 0 Å². The van der Waals surface area contributed by atoms with Crippen LogP contribution in [0.3, 0.4) is 0 Å². The highest BCUT2D eigenvalue weighted by molar-refractivity contribution is 6.33. The Morgan fingerprint density at radius 3 is 2.64 bits per heavy atom. The first kappa shape index (κ1) is 24.7. The maximum Gasteiger partial charge on any atom is 0.310 e. The van der Waals surface area contributed by atoms with Gasteiger partial charge in [0, 0.05) is 20.1 Å². The van der Waals surface area contributed by atoms with Crippen molar-refractivity contribution in [2.24, 2.45) is 5.92 Å². The lowest BCUT2D eigenvalue weighted by atomic mass is 9.98. The molecule has 10 heteroatoms. The zero-order chi connectivity index (χ0) is 24.1. The van der Waals surface area contributed by atoms with E-state index in [0.29, 0.717) is 31.7 Å². The van der Waals surface area contributed by atoms with Crippen LogP contribution in [0.4, 0.5) is 4.39 Å². The molecule has 1 aromatic carbocycles. The maximum atomic E-state index is 13.1. The van der Waals surface area contributed by atoms with Crippen LogP contribution >= 0.6 is 11.6 Å². The molecule has 1 aliphatic heterocycles. The SMILES string of the molecule is CCOC(=O)C1CCCN(C(=O)CN(C)C(=O)c2c(C)nn(Cc3ccc(F)cc3)c2Cl)C1. The number of ether oxygens (including phenoxy) is 1. The van der Waals surface area contributed by atoms with E-state index in [0.717, 1.165) is 5.56 Å². The number of amides is 2. The second kappa shape index (κ2) is 10.8. The maximum absolute atomic E-state index is 13.1. The van der Waals surface area contributed by atoms with Gasteiger partial charge in [-0.25, -0.2) is 9.07 Å². The molecule has 1 atom stereocenters. The summed E-state index contributed by atoms with van der Waals surface area (Å²) in [6.07, 6.45) is 1.38. The monoisotopic (exact) mass is 478 g/mol. The summed E-state index contributed by atoms with van der Waals surface area (Å²) < 4.78 is 19.7. The zero-order valence-electron chi connectivity index (χ0n) is 19.0. The predicted molar refractivity (Wildman–Crippen MR) is 120 cm³/mol. The Morgan fingerprint density at radius 2 is 1.97 bits per heavy atom. The molecule has 1 saturated heterocycles. The molecule has 0 aliphatic carbocycles. The van der Waals surface area contributed by atoms with Crippen LogP contribution in [-0.2, 0) is 20.9 Å². The molecule has 33 heavy (non-hydrogen) atoms. The lowest BCUT2D eigenvalue weighted by molar-refractivity contribution is -0.151. The van der Waals surface area contributed by atoms with E-state index in [9.17, 15) is 18.8 Å². The Kier molecular flexibility index (Phi) is 8.07. The third-order valence-electron chi connectivity index (χ3n) is 5.64. The average molecular weight is 479 g/mol. The largest absolute Gasteiger partial charge is 0.466 e. The number of benzene rings is 1. The number of hydrogen-bond acceptors (Lipinski definition) is 5. The van der Waals surface area contributed by atoms with Gasteiger partial charge in [-0.2, -0.15) is 5.10 Å². The summed E-state index contributed by atoms with van der Waals surface area (Å²) in [5.41, 5.74) is 1.44. The fourth-order valence-electron chi connectivity index (χ4n) is 3.89. The van der Waals surface area contributed by atoms with Crippen LogP contribution < -0.4 is 0 Å². The molecule has 0 saturated carbocycles. The number of carbonyl (C=O) groups excluding carboxylic acids is 3. The fraction of sp³-hybridized carbons (Fsp3) is 0.478. The topological polar surface area (TPSA) is 84.7 Å². The Hall–Kier alpha value is -2.94. The summed E-state index contributed by atoms with van der Waals surface area (Å²) in [4.78, 5) is 40.8. The lowest BCUT2D eigenvalue weighted by Crippen LogP contribution is -2.47. The number of carbonyl (C=O) groups is 3. The van der Waals surface area contributed by atoms with Crippen molar-refractivity contribution in [1.82, 2.24) is 19.6 Å². The first-order chi connectivity index (χ1) is 15.7. The molecule has 178 valence electrons. The van der Waals surface area contributed by atoms with Gasteiger partial charge in [0.25, 0.3) is 5.91 Å². The smallest absolute Gasteiger partial charge is 0.310 e. The molecule has 1 aliphatic rings. The zero-order valence-corrected chi connectivity index (χ0v) is 19.8. The van der Waals surface area contributed by atoms with Crippen LogP contribution in [-0.4, -0.2) is 70.7 Å². The van der Waals surface area contributed by atoms with Gasteiger partial charge in [0.05, 0.1) is 36.9 Å². The van der Waals surface area contributed by atoms with Crippen molar-refractivity contribution < 1.29 is 23.5 Å². The summed E-state index contributed by atoms with van der Waals surface area (Å²) in [5, 5.41) is 4.50. The highest BCUT2D eigenvalue weighted by Crippen LogP contribution is 2.23. The molecular formula is C23H28ClFN4O4. The van der Waals surface area contributed by atoms with Crippen molar-refractivity contribution in [2.75, 3.05) is 33.3 Å². The number of likely N-dealkylation sites (N-methyl/N-ethyl adjacent to an activating group) is 1. The van der Waals surface area contributed by atoms with Crippen molar-refractivity contribution >= 4 is 29.4 Å². The molecule has 2 heterocycles. The average Bonchev–Trinajstić information content (AvgIpc) is 3.07. The van der Waals surface area contributed by atoms with E-state index in [1.54, 1.807) is 30.9 Å². The molecule has 0 N–H and O–H groups in total. The fourth-order valence-corrected chi connectivity index (χ4v) is 4.20. The van der Waals surface area contributed by atoms with Crippen molar-refractivity contribution in [1.29, 1.82) is 0 Å². The number of nitrogens with zero attached hydrogens (tertiary/aromatic N) is 4. The number of aromatic nitrogens is 2. The van der Waals surface area contributed by atoms with Crippen molar-refractivity contribution in [3.05, 3.63) is 52.1 Å². The highest BCUT2D eigenvalue weighted by Gasteiger charge is 2.31. The van der Waals surface area contributed by atoms with Crippen molar-refractivity contribution in [2.45, 2.75) is 33.2 Å².